The highest BCUT2D eigenvalue weighted by Crippen LogP contribution is 2.39. The minimum Gasteiger partial charge on any atom is -0.497 e. The van der Waals surface area contributed by atoms with Crippen LogP contribution in [0.2, 0.25) is 5.02 Å². The lowest BCUT2D eigenvalue weighted by atomic mass is 9.97. The number of benzene rings is 3. The molecule has 0 saturated carbocycles. The molecule has 37 heavy (non-hydrogen) atoms. The molecular formula is C30H28ClNO5. The van der Waals surface area contributed by atoms with E-state index in [0.717, 1.165) is 28.9 Å². The number of methoxy groups -OCH3 is 1. The number of aryl methyl sites for hydroxylation is 1. The standard InChI is InChI=1S/C30H28ClNO5/c1-4-14-36-22-7-5-6-20(16-22)27-26-28(33)23-17-24(31)18(2)15-25(23)37-29(26)30(34)32(27)13-12-19-8-10-21(35-3)11-9-19/h5-11,15-17,27H,4,12-14H2,1-3H3. The summed E-state index contributed by atoms with van der Waals surface area (Å²) < 4.78 is 17.2. The Labute approximate surface area is 220 Å². The van der Waals surface area contributed by atoms with E-state index < -0.39 is 6.04 Å². The van der Waals surface area contributed by atoms with Crippen molar-refractivity contribution in [2.75, 3.05) is 20.3 Å². The number of ether oxygens (including phenoxy) is 2. The largest absolute Gasteiger partial charge is 0.497 e. The molecule has 0 bridgehead atoms. The summed E-state index contributed by atoms with van der Waals surface area (Å²) in [6.07, 6.45) is 1.48. The normalized spacial score (nSPS) is 14.8. The average molecular weight is 518 g/mol. The summed E-state index contributed by atoms with van der Waals surface area (Å²) in [7, 11) is 1.63. The number of rotatable bonds is 8. The van der Waals surface area contributed by atoms with Crippen molar-refractivity contribution in [2.45, 2.75) is 32.7 Å². The van der Waals surface area contributed by atoms with E-state index in [9.17, 15) is 9.59 Å². The van der Waals surface area contributed by atoms with Gasteiger partial charge in [0.1, 0.15) is 17.1 Å². The van der Waals surface area contributed by atoms with Gasteiger partial charge in [-0.1, -0.05) is 42.8 Å². The second kappa shape index (κ2) is 10.3. The van der Waals surface area contributed by atoms with E-state index in [0.29, 0.717) is 46.9 Å². The van der Waals surface area contributed by atoms with E-state index in [1.807, 2.05) is 62.4 Å². The van der Waals surface area contributed by atoms with Crippen LogP contribution < -0.4 is 14.9 Å². The SMILES string of the molecule is CCCOc1cccc(C2c3c(oc4cc(C)c(Cl)cc4c3=O)C(=O)N2CCc2ccc(OC)cc2)c1. The Balaban J connectivity index is 1.60. The van der Waals surface area contributed by atoms with Gasteiger partial charge in [-0.2, -0.15) is 0 Å². The van der Waals surface area contributed by atoms with Gasteiger partial charge in [0.15, 0.2) is 5.43 Å². The van der Waals surface area contributed by atoms with Crippen molar-refractivity contribution >= 4 is 28.5 Å². The van der Waals surface area contributed by atoms with E-state index in [2.05, 4.69) is 0 Å². The second-order valence-corrected chi connectivity index (χ2v) is 9.60. The van der Waals surface area contributed by atoms with Crippen molar-refractivity contribution in [1.29, 1.82) is 0 Å². The first-order chi connectivity index (χ1) is 17.9. The number of nitrogens with zero attached hydrogens (tertiary/aromatic N) is 1. The first kappa shape index (κ1) is 24.9. The molecule has 0 N–H and O–H groups in total. The van der Waals surface area contributed by atoms with Gasteiger partial charge in [0.25, 0.3) is 5.91 Å². The fraction of sp³-hybridized carbons (Fsp3) is 0.267. The summed E-state index contributed by atoms with van der Waals surface area (Å²) in [5, 5.41) is 0.842. The average Bonchev–Trinajstić information content (AvgIpc) is 3.19. The fourth-order valence-electron chi connectivity index (χ4n) is 4.75. The highest BCUT2D eigenvalue weighted by Gasteiger charge is 2.42. The molecule has 190 valence electrons. The lowest BCUT2D eigenvalue weighted by Gasteiger charge is -2.25. The topological polar surface area (TPSA) is 69.0 Å². The minimum atomic E-state index is -0.605. The van der Waals surface area contributed by atoms with Crippen LogP contribution >= 0.6 is 11.6 Å². The molecule has 7 heteroatoms. The van der Waals surface area contributed by atoms with Gasteiger partial charge in [-0.05, 0) is 72.9 Å². The van der Waals surface area contributed by atoms with Crippen molar-refractivity contribution in [1.82, 2.24) is 4.90 Å². The van der Waals surface area contributed by atoms with Crippen LogP contribution in [0.1, 0.15) is 52.2 Å². The molecule has 1 atom stereocenters. The fourth-order valence-corrected chi connectivity index (χ4v) is 4.92. The van der Waals surface area contributed by atoms with Crippen LogP contribution in [0.4, 0.5) is 0 Å². The molecule has 0 fully saturated rings. The minimum absolute atomic E-state index is 0.0823. The third-order valence-electron chi connectivity index (χ3n) is 6.69. The molecule has 1 aromatic heterocycles. The van der Waals surface area contributed by atoms with Gasteiger partial charge in [-0.25, -0.2) is 0 Å². The summed E-state index contributed by atoms with van der Waals surface area (Å²) in [6, 6.07) is 18.0. The summed E-state index contributed by atoms with van der Waals surface area (Å²) in [4.78, 5) is 29.3. The van der Waals surface area contributed by atoms with Crippen LogP contribution in [0, 0.1) is 6.92 Å². The van der Waals surface area contributed by atoms with Crippen molar-refractivity contribution in [3.05, 3.63) is 104 Å². The van der Waals surface area contributed by atoms with Crippen LogP contribution in [0.25, 0.3) is 11.0 Å². The molecule has 4 aromatic rings. The molecule has 0 aliphatic carbocycles. The number of hydrogen-bond acceptors (Lipinski definition) is 5. The molecule has 1 aliphatic heterocycles. The molecule has 2 heterocycles. The van der Waals surface area contributed by atoms with E-state index in [1.165, 1.54) is 0 Å². The number of halogens is 1. The quantitative estimate of drug-likeness (QED) is 0.273. The molecule has 1 unspecified atom stereocenters. The molecule has 5 rings (SSSR count). The Morgan fingerprint density at radius 1 is 1.03 bits per heavy atom. The van der Waals surface area contributed by atoms with E-state index in [4.69, 9.17) is 25.5 Å². The first-order valence-electron chi connectivity index (χ1n) is 12.3. The number of hydrogen-bond donors (Lipinski definition) is 0. The summed E-state index contributed by atoms with van der Waals surface area (Å²) in [5.74, 6) is 1.24. The third-order valence-corrected chi connectivity index (χ3v) is 7.10. The zero-order valence-electron chi connectivity index (χ0n) is 21.0. The van der Waals surface area contributed by atoms with Gasteiger partial charge >= 0.3 is 0 Å². The molecule has 6 nitrogen and oxygen atoms in total. The van der Waals surface area contributed by atoms with Crippen LogP contribution in [-0.2, 0) is 6.42 Å². The van der Waals surface area contributed by atoms with Gasteiger partial charge < -0.3 is 18.8 Å². The van der Waals surface area contributed by atoms with E-state index in [-0.39, 0.29) is 17.1 Å². The van der Waals surface area contributed by atoms with Crippen molar-refractivity contribution in [2.24, 2.45) is 0 Å². The van der Waals surface area contributed by atoms with Gasteiger partial charge in [-0.3, -0.25) is 9.59 Å². The number of amides is 1. The Hall–Kier alpha value is -3.77. The van der Waals surface area contributed by atoms with Gasteiger partial charge in [-0.15, -0.1) is 0 Å². The summed E-state index contributed by atoms with van der Waals surface area (Å²) in [6.45, 7) is 4.85. The van der Waals surface area contributed by atoms with Gasteiger partial charge in [0.05, 0.1) is 30.7 Å². The highest BCUT2D eigenvalue weighted by atomic mass is 35.5. The third kappa shape index (κ3) is 4.69. The van der Waals surface area contributed by atoms with Crippen molar-refractivity contribution < 1.29 is 18.7 Å². The number of carbonyl (C=O) groups excluding carboxylic acids is 1. The molecule has 0 spiro atoms. The number of carbonyl (C=O) groups is 1. The maximum Gasteiger partial charge on any atom is 0.290 e. The first-order valence-corrected chi connectivity index (χ1v) is 12.7. The molecule has 0 radical (unpaired) electrons. The molecule has 1 aliphatic rings. The molecule has 1 amide bonds. The second-order valence-electron chi connectivity index (χ2n) is 9.19. The van der Waals surface area contributed by atoms with Crippen LogP contribution in [0.5, 0.6) is 11.5 Å². The van der Waals surface area contributed by atoms with Crippen molar-refractivity contribution in [3.8, 4) is 11.5 Å². The Bertz CT molecular complexity index is 1530. The van der Waals surface area contributed by atoms with Crippen LogP contribution in [0.15, 0.2) is 69.9 Å². The van der Waals surface area contributed by atoms with E-state index >= 15 is 0 Å². The Kier molecular flexibility index (Phi) is 6.94. The number of fused-ring (bicyclic) bond motifs is 2. The maximum absolute atomic E-state index is 13.8. The monoisotopic (exact) mass is 517 g/mol. The maximum atomic E-state index is 13.8. The van der Waals surface area contributed by atoms with E-state index in [1.54, 1.807) is 24.1 Å². The molecular weight excluding hydrogens is 490 g/mol. The predicted octanol–water partition coefficient (Wildman–Crippen LogP) is 6.34. The zero-order chi connectivity index (χ0) is 26.1. The summed E-state index contributed by atoms with van der Waals surface area (Å²) >= 11 is 6.35. The lowest BCUT2D eigenvalue weighted by molar-refractivity contribution is 0.0729. The zero-order valence-corrected chi connectivity index (χ0v) is 21.8. The predicted molar refractivity (Wildman–Crippen MR) is 144 cm³/mol. The molecule has 0 saturated heterocycles. The highest BCUT2D eigenvalue weighted by molar-refractivity contribution is 6.32. The Morgan fingerprint density at radius 3 is 2.54 bits per heavy atom. The van der Waals surface area contributed by atoms with Gasteiger partial charge in [0.2, 0.25) is 5.76 Å². The van der Waals surface area contributed by atoms with Gasteiger partial charge in [0, 0.05) is 11.6 Å². The molecule has 3 aromatic carbocycles. The van der Waals surface area contributed by atoms with Crippen LogP contribution in [-0.4, -0.2) is 31.1 Å². The Morgan fingerprint density at radius 2 is 1.81 bits per heavy atom. The van der Waals surface area contributed by atoms with Crippen molar-refractivity contribution in [3.63, 3.8) is 0 Å². The summed E-state index contributed by atoms with van der Waals surface area (Å²) in [5.41, 5.74) is 3.06. The lowest BCUT2D eigenvalue weighted by Crippen LogP contribution is -2.31. The smallest absolute Gasteiger partial charge is 0.290 e. The van der Waals surface area contributed by atoms with Crippen LogP contribution in [0.3, 0.4) is 0 Å².